The Labute approximate surface area is 148 Å². The van der Waals surface area contributed by atoms with Gasteiger partial charge in [0.2, 0.25) is 0 Å². The second kappa shape index (κ2) is 7.13. The summed E-state index contributed by atoms with van der Waals surface area (Å²) in [5.74, 6) is 1.03. The summed E-state index contributed by atoms with van der Waals surface area (Å²) in [6, 6.07) is 14.7. The summed E-state index contributed by atoms with van der Waals surface area (Å²) >= 11 is 0. The molecule has 130 valence electrons. The van der Waals surface area contributed by atoms with Gasteiger partial charge in [-0.2, -0.15) is 0 Å². The van der Waals surface area contributed by atoms with E-state index in [4.69, 9.17) is 0 Å². The van der Waals surface area contributed by atoms with Crippen LogP contribution in [0.4, 0.5) is 10.6 Å². The molecule has 0 saturated carbocycles. The molecule has 1 N–H and O–H groups in total. The normalized spacial score (nSPS) is 17.9. The molecule has 4 rings (SSSR count). The Morgan fingerprint density at radius 1 is 1.00 bits per heavy atom. The first-order valence-electron chi connectivity index (χ1n) is 9.08. The highest BCUT2D eigenvalue weighted by molar-refractivity contribution is 5.75. The SMILES string of the molecule is O=C(NC1CCN(c2ccccn2)CC1)N1CCc2ccccc2C1. The zero-order valence-electron chi connectivity index (χ0n) is 14.4. The van der Waals surface area contributed by atoms with Gasteiger partial charge >= 0.3 is 6.03 Å². The highest BCUT2D eigenvalue weighted by Gasteiger charge is 2.25. The molecular weight excluding hydrogens is 312 g/mol. The minimum absolute atomic E-state index is 0.0748. The van der Waals surface area contributed by atoms with Gasteiger partial charge in [-0.15, -0.1) is 0 Å². The Morgan fingerprint density at radius 3 is 2.52 bits per heavy atom. The molecule has 2 aromatic rings. The fourth-order valence-electron chi connectivity index (χ4n) is 3.73. The van der Waals surface area contributed by atoms with Gasteiger partial charge in [-0.3, -0.25) is 0 Å². The molecule has 1 aromatic carbocycles. The van der Waals surface area contributed by atoms with Crippen LogP contribution in [0.1, 0.15) is 24.0 Å². The van der Waals surface area contributed by atoms with Crippen LogP contribution in [0, 0.1) is 0 Å². The van der Waals surface area contributed by atoms with Gasteiger partial charge in [0.05, 0.1) is 0 Å². The third kappa shape index (κ3) is 3.60. The van der Waals surface area contributed by atoms with Crippen molar-refractivity contribution in [3.05, 3.63) is 59.8 Å². The molecule has 2 aliphatic rings. The van der Waals surface area contributed by atoms with Crippen LogP contribution in [-0.2, 0) is 13.0 Å². The van der Waals surface area contributed by atoms with Crippen molar-refractivity contribution in [2.24, 2.45) is 0 Å². The van der Waals surface area contributed by atoms with E-state index in [2.05, 4.69) is 33.4 Å². The number of hydrogen-bond acceptors (Lipinski definition) is 3. The number of amides is 2. The average Bonchev–Trinajstić information content (AvgIpc) is 2.69. The van der Waals surface area contributed by atoms with Crippen molar-refractivity contribution in [2.45, 2.75) is 31.8 Å². The molecule has 5 heteroatoms. The lowest BCUT2D eigenvalue weighted by molar-refractivity contribution is 0.186. The number of nitrogens with one attached hydrogen (secondary N) is 1. The molecule has 2 aliphatic heterocycles. The van der Waals surface area contributed by atoms with Crippen molar-refractivity contribution in [3.8, 4) is 0 Å². The zero-order chi connectivity index (χ0) is 17.1. The number of fused-ring (bicyclic) bond motifs is 1. The van der Waals surface area contributed by atoms with Crippen LogP contribution in [-0.4, -0.2) is 41.6 Å². The molecule has 0 atom stereocenters. The monoisotopic (exact) mass is 336 g/mol. The Hall–Kier alpha value is -2.56. The summed E-state index contributed by atoms with van der Waals surface area (Å²) in [6.07, 6.45) is 4.71. The third-order valence-electron chi connectivity index (χ3n) is 5.21. The lowest BCUT2D eigenvalue weighted by Crippen LogP contribution is -2.50. The van der Waals surface area contributed by atoms with Crippen molar-refractivity contribution < 1.29 is 4.79 Å². The van der Waals surface area contributed by atoms with Gasteiger partial charge in [-0.1, -0.05) is 30.3 Å². The predicted molar refractivity (Wildman–Crippen MR) is 98.6 cm³/mol. The molecule has 1 aromatic heterocycles. The van der Waals surface area contributed by atoms with E-state index in [0.717, 1.165) is 51.3 Å². The number of rotatable bonds is 2. The van der Waals surface area contributed by atoms with E-state index >= 15 is 0 Å². The number of piperidine rings is 1. The van der Waals surface area contributed by atoms with E-state index in [0.29, 0.717) is 0 Å². The first-order valence-corrected chi connectivity index (χ1v) is 9.08. The summed E-state index contributed by atoms with van der Waals surface area (Å²) in [5.41, 5.74) is 2.64. The quantitative estimate of drug-likeness (QED) is 0.917. The number of urea groups is 1. The van der Waals surface area contributed by atoms with Gasteiger partial charge in [-0.25, -0.2) is 9.78 Å². The first-order chi connectivity index (χ1) is 12.3. The Balaban J connectivity index is 1.30. The summed E-state index contributed by atoms with van der Waals surface area (Å²) in [5, 5.41) is 3.23. The van der Waals surface area contributed by atoms with Crippen LogP contribution >= 0.6 is 0 Å². The molecule has 1 saturated heterocycles. The van der Waals surface area contributed by atoms with Gasteiger partial charge in [0, 0.05) is 38.4 Å². The number of carbonyl (C=O) groups is 1. The molecular formula is C20H24N4O. The second-order valence-electron chi connectivity index (χ2n) is 6.84. The van der Waals surface area contributed by atoms with Gasteiger partial charge in [0.25, 0.3) is 0 Å². The van der Waals surface area contributed by atoms with Crippen LogP contribution in [0.3, 0.4) is 0 Å². The van der Waals surface area contributed by atoms with Crippen LogP contribution in [0.25, 0.3) is 0 Å². The molecule has 0 spiro atoms. The average molecular weight is 336 g/mol. The van der Waals surface area contributed by atoms with E-state index in [1.165, 1.54) is 11.1 Å². The van der Waals surface area contributed by atoms with Crippen molar-refractivity contribution in [1.82, 2.24) is 15.2 Å². The van der Waals surface area contributed by atoms with E-state index in [9.17, 15) is 4.79 Å². The number of carbonyl (C=O) groups excluding carboxylic acids is 1. The summed E-state index contributed by atoms with van der Waals surface area (Å²) < 4.78 is 0. The molecule has 25 heavy (non-hydrogen) atoms. The van der Waals surface area contributed by atoms with Crippen molar-refractivity contribution in [3.63, 3.8) is 0 Å². The topological polar surface area (TPSA) is 48.5 Å². The molecule has 2 amide bonds. The fourth-order valence-corrected chi connectivity index (χ4v) is 3.73. The molecule has 3 heterocycles. The number of pyridine rings is 1. The summed E-state index contributed by atoms with van der Waals surface area (Å²) in [7, 11) is 0. The Kier molecular flexibility index (Phi) is 4.55. The summed E-state index contributed by atoms with van der Waals surface area (Å²) in [4.78, 5) is 21.3. The highest BCUT2D eigenvalue weighted by atomic mass is 16.2. The maximum Gasteiger partial charge on any atom is 0.317 e. The molecule has 1 fully saturated rings. The number of nitrogens with zero attached hydrogens (tertiary/aromatic N) is 3. The standard InChI is InChI=1S/C20H24N4O/c25-20(24-12-8-16-5-1-2-6-17(16)15-24)22-18-9-13-23(14-10-18)19-7-3-4-11-21-19/h1-7,11,18H,8-10,12-15H2,(H,22,25). The van der Waals surface area contributed by atoms with Gasteiger partial charge < -0.3 is 15.1 Å². The lowest BCUT2D eigenvalue weighted by atomic mass is 10.00. The number of hydrogen-bond donors (Lipinski definition) is 1. The van der Waals surface area contributed by atoms with Gasteiger partial charge in [0.15, 0.2) is 0 Å². The van der Waals surface area contributed by atoms with E-state index < -0.39 is 0 Å². The van der Waals surface area contributed by atoms with E-state index in [-0.39, 0.29) is 12.1 Å². The second-order valence-corrected chi connectivity index (χ2v) is 6.84. The highest BCUT2D eigenvalue weighted by Crippen LogP contribution is 2.20. The Bertz CT molecular complexity index is 725. The summed E-state index contributed by atoms with van der Waals surface area (Å²) in [6.45, 7) is 3.39. The van der Waals surface area contributed by atoms with Crippen LogP contribution in [0.5, 0.6) is 0 Å². The molecule has 0 unspecified atom stereocenters. The minimum Gasteiger partial charge on any atom is -0.356 e. The molecule has 5 nitrogen and oxygen atoms in total. The first kappa shape index (κ1) is 15.9. The maximum absolute atomic E-state index is 12.6. The van der Waals surface area contributed by atoms with Crippen molar-refractivity contribution >= 4 is 11.8 Å². The smallest absolute Gasteiger partial charge is 0.317 e. The van der Waals surface area contributed by atoms with Crippen molar-refractivity contribution in [2.75, 3.05) is 24.5 Å². The van der Waals surface area contributed by atoms with E-state index in [1.54, 1.807) is 0 Å². The zero-order valence-corrected chi connectivity index (χ0v) is 14.4. The van der Waals surface area contributed by atoms with Crippen LogP contribution in [0.15, 0.2) is 48.7 Å². The van der Waals surface area contributed by atoms with Gasteiger partial charge in [0.1, 0.15) is 5.82 Å². The molecule has 0 bridgehead atoms. The minimum atomic E-state index is 0.0748. The molecule has 0 aliphatic carbocycles. The maximum atomic E-state index is 12.6. The van der Waals surface area contributed by atoms with Crippen molar-refractivity contribution in [1.29, 1.82) is 0 Å². The third-order valence-corrected chi connectivity index (χ3v) is 5.21. The Morgan fingerprint density at radius 2 is 1.76 bits per heavy atom. The molecule has 0 radical (unpaired) electrons. The predicted octanol–water partition coefficient (Wildman–Crippen LogP) is 2.82. The number of anilines is 1. The van der Waals surface area contributed by atoms with Gasteiger partial charge in [-0.05, 0) is 42.5 Å². The van der Waals surface area contributed by atoms with Crippen LogP contribution < -0.4 is 10.2 Å². The fraction of sp³-hybridized carbons (Fsp3) is 0.400. The number of aromatic nitrogens is 1. The van der Waals surface area contributed by atoms with E-state index in [1.807, 2.05) is 35.4 Å². The lowest BCUT2D eigenvalue weighted by Gasteiger charge is -2.35. The largest absolute Gasteiger partial charge is 0.356 e. The van der Waals surface area contributed by atoms with Crippen LogP contribution in [0.2, 0.25) is 0 Å². The number of benzene rings is 1.